The highest BCUT2D eigenvalue weighted by Gasteiger charge is 2.27. The lowest BCUT2D eigenvalue weighted by Gasteiger charge is -2.29. The smallest absolute Gasteiger partial charge is 0.231 e. The van der Waals surface area contributed by atoms with Crippen LogP contribution in [0, 0.1) is 0 Å². The summed E-state index contributed by atoms with van der Waals surface area (Å²) >= 11 is 0. The van der Waals surface area contributed by atoms with E-state index in [4.69, 9.17) is 4.74 Å². The molecule has 2 aromatic rings. The number of carbonyl (C=O) groups excluding carboxylic acids is 2. The van der Waals surface area contributed by atoms with Crippen LogP contribution in [-0.2, 0) is 11.2 Å². The molecule has 1 aliphatic heterocycles. The summed E-state index contributed by atoms with van der Waals surface area (Å²) in [6.07, 6.45) is 0.682. The average molecular weight is 295 g/mol. The Labute approximate surface area is 129 Å². The molecule has 0 fully saturated rings. The second-order valence-corrected chi connectivity index (χ2v) is 5.26. The summed E-state index contributed by atoms with van der Waals surface area (Å²) in [5.74, 6) is 0.687. The number of anilines is 1. The zero-order chi connectivity index (χ0) is 15.5. The molecule has 0 aromatic heterocycles. The first-order valence-electron chi connectivity index (χ1n) is 7.24. The minimum atomic E-state index is 0.00474. The molecule has 0 spiro atoms. The number of hydrogen-bond donors (Lipinski definition) is 0. The number of carbonyl (C=O) groups is 2. The van der Waals surface area contributed by atoms with Crippen LogP contribution in [0.2, 0.25) is 0 Å². The Hall–Kier alpha value is -2.62. The first-order valence-corrected chi connectivity index (χ1v) is 7.24. The van der Waals surface area contributed by atoms with E-state index in [1.807, 2.05) is 30.3 Å². The van der Waals surface area contributed by atoms with Gasteiger partial charge in [-0.15, -0.1) is 0 Å². The molecule has 0 unspecified atom stereocenters. The van der Waals surface area contributed by atoms with Crippen molar-refractivity contribution >= 4 is 17.4 Å². The van der Waals surface area contributed by atoms with Crippen molar-refractivity contribution < 1.29 is 14.3 Å². The van der Waals surface area contributed by atoms with Crippen LogP contribution in [0.3, 0.4) is 0 Å². The molecule has 3 rings (SSSR count). The Balaban J connectivity index is 1.88. The Morgan fingerprint density at radius 2 is 1.95 bits per heavy atom. The van der Waals surface area contributed by atoms with E-state index in [2.05, 4.69) is 0 Å². The van der Waals surface area contributed by atoms with Crippen molar-refractivity contribution in [2.45, 2.75) is 12.8 Å². The van der Waals surface area contributed by atoms with Crippen LogP contribution in [0.5, 0.6) is 5.75 Å². The SMILES string of the molecule is COc1ccc2c(c1)C(=O)CCN2C(=O)Cc1ccccc1. The van der Waals surface area contributed by atoms with E-state index in [-0.39, 0.29) is 11.7 Å². The van der Waals surface area contributed by atoms with Crippen LogP contribution in [-0.4, -0.2) is 25.3 Å². The monoisotopic (exact) mass is 295 g/mol. The molecule has 0 saturated heterocycles. The van der Waals surface area contributed by atoms with Crippen LogP contribution in [0.25, 0.3) is 0 Å². The van der Waals surface area contributed by atoms with E-state index in [1.54, 1.807) is 30.2 Å². The minimum Gasteiger partial charge on any atom is -0.497 e. The van der Waals surface area contributed by atoms with Gasteiger partial charge in [-0.3, -0.25) is 9.59 Å². The molecular formula is C18H17NO3. The molecule has 1 heterocycles. The number of fused-ring (bicyclic) bond motifs is 1. The zero-order valence-corrected chi connectivity index (χ0v) is 12.4. The molecule has 4 nitrogen and oxygen atoms in total. The fourth-order valence-corrected chi connectivity index (χ4v) is 2.69. The summed E-state index contributed by atoms with van der Waals surface area (Å²) in [5.41, 5.74) is 2.21. The number of rotatable bonds is 3. The molecule has 22 heavy (non-hydrogen) atoms. The largest absolute Gasteiger partial charge is 0.497 e. The Morgan fingerprint density at radius 3 is 2.68 bits per heavy atom. The van der Waals surface area contributed by atoms with Gasteiger partial charge in [0, 0.05) is 18.5 Å². The van der Waals surface area contributed by atoms with Crippen molar-refractivity contribution in [1.82, 2.24) is 0 Å². The minimum absolute atomic E-state index is 0.00474. The number of Topliss-reactive ketones (excluding diaryl/α,β-unsaturated/α-hetero) is 1. The third kappa shape index (κ3) is 2.72. The Bertz CT molecular complexity index is 710. The normalized spacial score (nSPS) is 13.7. The van der Waals surface area contributed by atoms with Gasteiger partial charge >= 0.3 is 0 Å². The van der Waals surface area contributed by atoms with E-state index in [0.29, 0.717) is 36.4 Å². The van der Waals surface area contributed by atoms with Gasteiger partial charge in [-0.2, -0.15) is 0 Å². The van der Waals surface area contributed by atoms with Gasteiger partial charge in [0.25, 0.3) is 0 Å². The third-order valence-electron chi connectivity index (χ3n) is 3.86. The highest BCUT2D eigenvalue weighted by atomic mass is 16.5. The molecule has 1 aliphatic rings. The fraction of sp³-hybridized carbons (Fsp3) is 0.222. The molecule has 0 radical (unpaired) electrons. The van der Waals surface area contributed by atoms with Gasteiger partial charge in [0.15, 0.2) is 5.78 Å². The molecule has 2 aromatic carbocycles. The second-order valence-electron chi connectivity index (χ2n) is 5.26. The molecule has 0 bridgehead atoms. The summed E-state index contributed by atoms with van der Waals surface area (Å²) in [5, 5.41) is 0. The van der Waals surface area contributed by atoms with Crippen molar-refractivity contribution in [3.63, 3.8) is 0 Å². The molecule has 1 amide bonds. The van der Waals surface area contributed by atoms with Gasteiger partial charge in [-0.1, -0.05) is 30.3 Å². The molecule has 0 aliphatic carbocycles. The summed E-state index contributed by atoms with van der Waals surface area (Å²) in [6, 6.07) is 14.9. The third-order valence-corrected chi connectivity index (χ3v) is 3.86. The average Bonchev–Trinajstić information content (AvgIpc) is 2.56. The van der Waals surface area contributed by atoms with Crippen molar-refractivity contribution in [3.05, 3.63) is 59.7 Å². The van der Waals surface area contributed by atoms with Crippen LogP contribution in [0.1, 0.15) is 22.3 Å². The topological polar surface area (TPSA) is 46.6 Å². The zero-order valence-electron chi connectivity index (χ0n) is 12.4. The molecule has 0 saturated carbocycles. The molecule has 0 N–H and O–H groups in total. The second kappa shape index (κ2) is 6.02. The van der Waals surface area contributed by atoms with Crippen molar-refractivity contribution in [2.24, 2.45) is 0 Å². The van der Waals surface area contributed by atoms with E-state index in [1.165, 1.54) is 0 Å². The maximum absolute atomic E-state index is 12.6. The van der Waals surface area contributed by atoms with E-state index in [0.717, 1.165) is 5.56 Å². The number of benzene rings is 2. The van der Waals surface area contributed by atoms with Gasteiger partial charge in [-0.05, 0) is 23.8 Å². The summed E-state index contributed by atoms with van der Waals surface area (Å²) < 4.78 is 5.16. The van der Waals surface area contributed by atoms with Gasteiger partial charge in [-0.25, -0.2) is 0 Å². The van der Waals surface area contributed by atoms with Crippen LogP contribution in [0.4, 0.5) is 5.69 Å². The predicted octanol–water partition coefficient (Wildman–Crippen LogP) is 2.86. The Morgan fingerprint density at radius 1 is 1.18 bits per heavy atom. The number of nitrogens with zero attached hydrogens (tertiary/aromatic N) is 1. The lowest BCUT2D eigenvalue weighted by Crippen LogP contribution is -2.38. The first kappa shape index (κ1) is 14.3. The molecule has 0 atom stereocenters. The van der Waals surface area contributed by atoms with Gasteiger partial charge in [0.1, 0.15) is 5.75 Å². The number of amides is 1. The van der Waals surface area contributed by atoms with E-state index in [9.17, 15) is 9.59 Å². The number of ketones is 1. The van der Waals surface area contributed by atoms with Gasteiger partial charge < -0.3 is 9.64 Å². The van der Waals surface area contributed by atoms with Crippen LogP contribution < -0.4 is 9.64 Å². The van der Waals surface area contributed by atoms with Crippen LogP contribution >= 0.6 is 0 Å². The predicted molar refractivity (Wildman–Crippen MR) is 84.4 cm³/mol. The number of ether oxygens (including phenoxy) is 1. The fourth-order valence-electron chi connectivity index (χ4n) is 2.69. The first-order chi connectivity index (χ1) is 10.7. The standard InChI is InChI=1S/C18H17NO3/c1-22-14-7-8-16-15(12-14)17(20)9-10-19(16)18(21)11-13-5-3-2-4-6-13/h2-8,12H,9-11H2,1H3. The summed E-state index contributed by atoms with van der Waals surface area (Å²) in [4.78, 5) is 26.4. The molecule has 4 heteroatoms. The highest BCUT2D eigenvalue weighted by Crippen LogP contribution is 2.30. The van der Waals surface area contributed by atoms with Crippen molar-refractivity contribution in [2.75, 3.05) is 18.6 Å². The highest BCUT2D eigenvalue weighted by molar-refractivity contribution is 6.09. The lowest BCUT2D eigenvalue weighted by atomic mass is 9.99. The van der Waals surface area contributed by atoms with Gasteiger partial charge in [0.2, 0.25) is 5.91 Å². The van der Waals surface area contributed by atoms with E-state index < -0.39 is 0 Å². The lowest BCUT2D eigenvalue weighted by molar-refractivity contribution is -0.118. The number of hydrogen-bond acceptors (Lipinski definition) is 3. The molecule has 112 valence electrons. The molecular weight excluding hydrogens is 278 g/mol. The van der Waals surface area contributed by atoms with Gasteiger partial charge in [0.05, 0.1) is 19.2 Å². The maximum atomic E-state index is 12.6. The van der Waals surface area contributed by atoms with Crippen molar-refractivity contribution in [3.8, 4) is 5.75 Å². The van der Waals surface area contributed by atoms with Crippen LogP contribution in [0.15, 0.2) is 48.5 Å². The summed E-state index contributed by atoms with van der Waals surface area (Å²) in [6.45, 7) is 0.434. The maximum Gasteiger partial charge on any atom is 0.231 e. The number of methoxy groups -OCH3 is 1. The van der Waals surface area contributed by atoms with Crippen molar-refractivity contribution in [1.29, 1.82) is 0 Å². The van der Waals surface area contributed by atoms with E-state index >= 15 is 0 Å². The summed E-state index contributed by atoms with van der Waals surface area (Å²) in [7, 11) is 1.56. The Kier molecular flexibility index (Phi) is 3.92. The quantitative estimate of drug-likeness (QED) is 0.874.